The highest BCUT2D eigenvalue weighted by Gasteiger charge is 2.19. The molecule has 1 amide bonds. The monoisotopic (exact) mass is 453 g/mol. The summed E-state index contributed by atoms with van der Waals surface area (Å²) in [6.45, 7) is 5.87. The van der Waals surface area contributed by atoms with Crippen molar-refractivity contribution in [2.75, 3.05) is 19.8 Å². The van der Waals surface area contributed by atoms with Crippen molar-refractivity contribution in [3.05, 3.63) is 74.8 Å². The third-order valence-electron chi connectivity index (χ3n) is 5.11. The highest BCUT2D eigenvalue weighted by Crippen LogP contribution is 2.18. The van der Waals surface area contributed by atoms with Crippen molar-refractivity contribution in [1.82, 2.24) is 24.5 Å². The summed E-state index contributed by atoms with van der Waals surface area (Å²) in [5, 5.41) is 7.75. The lowest BCUT2D eigenvalue weighted by Crippen LogP contribution is -2.26. The Labute approximate surface area is 189 Å². The van der Waals surface area contributed by atoms with Crippen LogP contribution in [0.2, 0.25) is 5.02 Å². The highest BCUT2D eigenvalue weighted by molar-refractivity contribution is 6.30. The fraction of sp³-hybridized carbons (Fsp3) is 0.304. The van der Waals surface area contributed by atoms with Gasteiger partial charge >= 0.3 is 0 Å². The number of aryl methyl sites for hydroxylation is 1. The summed E-state index contributed by atoms with van der Waals surface area (Å²) < 4.78 is 8.37. The zero-order chi connectivity index (χ0) is 22.7. The van der Waals surface area contributed by atoms with Crippen molar-refractivity contribution in [1.29, 1.82) is 0 Å². The normalized spacial score (nSPS) is 11.3. The Morgan fingerprint density at radius 3 is 2.69 bits per heavy atom. The summed E-state index contributed by atoms with van der Waals surface area (Å²) >= 11 is 6.00. The minimum absolute atomic E-state index is 0.0374. The quantitative estimate of drug-likeness (QED) is 0.414. The number of fused-ring (bicyclic) bond motifs is 3. The molecule has 2 heterocycles. The highest BCUT2D eigenvalue weighted by atomic mass is 35.5. The van der Waals surface area contributed by atoms with Crippen LogP contribution in [0.25, 0.3) is 16.7 Å². The predicted octanol–water partition coefficient (Wildman–Crippen LogP) is 3.21. The van der Waals surface area contributed by atoms with Crippen molar-refractivity contribution in [3.63, 3.8) is 0 Å². The van der Waals surface area contributed by atoms with E-state index in [1.807, 2.05) is 44.2 Å². The van der Waals surface area contributed by atoms with Gasteiger partial charge in [-0.3, -0.25) is 14.2 Å². The number of carbonyl (C=O) groups excluding carboxylic acids is 1. The second kappa shape index (κ2) is 9.50. The number of nitrogens with zero attached hydrogens (tertiary/aromatic N) is 4. The molecular weight excluding hydrogens is 430 g/mol. The van der Waals surface area contributed by atoms with E-state index in [9.17, 15) is 9.59 Å². The van der Waals surface area contributed by atoms with Gasteiger partial charge in [0, 0.05) is 24.8 Å². The molecule has 4 rings (SSSR count). The van der Waals surface area contributed by atoms with Gasteiger partial charge < -0.3 is 10.1 Å². The first kappa shape index (κ1) is 22.0. The third-order valence-corrected chi connectivity index (χ3v) is 5.36. The first-order valence-electron chi connectivity index (χ1n) is 10.5. The summed E-state index contributed by atoms with van der Waals surface area (Å²) in [6.07, 6.45) is 0.684. The fourth-order valence-corrected chi connectivity index (χ4v) is 3.63. The maximum Gasteiger partial charge on any atom is 0.296 e. The summed E-state index contributed by atoms with van der Waals surface area (Å²) in [5.74, 6) is -0.460. The van der Waals surface area contributed by atoms with Gasteiger partial charge in [0.2, 0.25) is 11.5 Å². The van der Waals surface area contributed by atoms with Crippen LogP contribution < -0.4 is 10.9 Å². The molecular formula is C23H24ClN5O3. The van der Waals surface area contributed by atoms with Crippen LogP contribution in [0.4, 0.5) is 0 Å². The van der Waals surface area contributed by atoms with E-state index in [1.54, 1.807) is 16.7 Å². The first-order valence-corrected chi connectivity index (χ1v) is 10.9. The molecule has 8 nitrogen and oxygen atoms in total. The molecule has 0 bridgehead atoms. The maximum absolute atomic E-state index is 13.4. The van der Waals surface area contributed by atoms with Crippen molar-refractivity contribution in [2.45, 2.75) is 26.8 Å². The number of nitrogens with one attached hydrogen (secondary N) is 1. The number of carbonyl (C=O) groups is 1. The van der Waals surface area contributed by atoms with E-state index in [4.69, 9.17) is 16.3 Å². The summed E-state index contributed by atoms with van der Waals surface area (Å²) in [6, 6.07) is 13.1. The van der Waals surface area contributed by atoms with Crippen LogP contribution in [0.1, 0.15) is 35.1 Å². The number of amides is 1. The molecule has 32 heavy (non-hydrogen) atoms. The molecule has 2 aromatic carbocycles. The number of benzene rings is 2. The lowest BCUT2D eigenvalue weighted by Gasteiger charge is -2.12. The van der Waals surface area contributed by atoms with E-state index in [0.717, 1.165) is 11.1 Å². The van der Waals surface area contributed by atoms with Crippen LogP contribution in [0.5, 0.6) is 0 Å². The molecule has 0 radical (unpaired) electrons. The van der Waals surface area contributed by atoms with Gasteiger partial charge in [0.1, 0.15) is 0 Å². The zero-order valence-corrected chi connectivity index (χ0v) is 18.7. The number of halogens is 1. The van der Waals surface area contributed by atoms with Gasteiger partial charge in [0.25, 0.3) is 11.5 Å². The van der Waals surface area contributed by atoms with Crippen LogP contribution in [0, 0.1) is 6.92 Å². The number of aromatic nitrogens is 4. The largest absolute Gasteiger partial charge is 0.382 e. The fourth-order valence-electron chi connectivity index (χ4n) is 3.50. The van der Waals surface area contributed by atoms with Gasteiger partial charge in [-0.2, -0.15) is 4.98 Å². The zero-order valence-electron chi connectivity index (χ0n) is 18.0. The van der Waals surface area contributed by atoms with Crippen LogP contribution in [0.3, 0.4) is 0 Å². The predicted molar refractivity (Wildman–Crippen MR) is 123 cm³/mol. The molecule has 0 saturated carbocycles. The molecule has 0 spiro atoms. The van der Waals surface area contributed by atoms with E-state index in [0.29, 0.717) is 48.8 Å². The van der Waals surface area contributed by atoms with E-state index in [2.05, 4.69) is 15.4 Å². The Morgan fingerprint density at radius 2 is 1.94 bits per heavy atom. The van der Waals surface area contributed by atoms with Crippen LogP contribution in [0.15, 0.2) is 47.3 Å². The molecule has 1 N–H and O–H groups in total. The Morgan fingerprint density at radius 1 is 1.16 bits per heavy atom. The second-order valence-corrected chi connectivity index (χ2v) is 7.92. The minimum Gasteiger partial charge on any atom is -0.382 e. The Hall–Kier alpha value is -3.23. The molecule has 166 valence electrons. The average Bonchev–Trinajstić information content (AvgIpc) is 3.23. The molecule has 0 saturated heterocycles. The van der Waals surface area contributed by atoms with Crippen molar-refractivity contribution >= 4 is 34.2 Å². The van der Waals surface area contributed by atoms with Gasteiger partial charge in [0.05, 0.1) is 17.6 Å². The van der Waals surface area contributed by atoms with Gasteiger partial charge in [-0.1, -0.05) is 29.8 Å². The van der Waals surface area contributed by atoms with Crippen molar-refractivity contribution in [3.8, 4) is 0 Å². The Bertz CT molecular complexity index is 1330. The smallest absolute Gasteiger partial charge is 0.296 e. The molecule has 2 aromatic heterocycles. The minimum atomic E-state index is -0.422. The van der Waals surface area contributed by atoms with Crippen LogP contribution >= 0.6 is 11.6 Å². The molecule has 4 aromatic rings. The first-order chi connectivity index (χ1) is 15.5. The van der Waals surface area contributed by atoms with Crippen molar-refractivity contribution in [2.24, 2.45) is 0 Å². The Kier molecular flexibility index (Phi) is 6.53. The molecule has 0 aliphatic heterocycles. The molecule has 9 heteroatoms. The third kappa shape index (κ3) is 4.51. The van der Waals surface area contributed by atoms with Crippen LogP contribution in [-0.4, -0.2) is 44.8 Å². The number of rotatable bonds is 8. The van der Waals surface area contributed by atoms with E-state index in [-0.39, 0.29) is 17.0 Å². The van der Waals surface area contributed by atoms with Gasteiger partial charge in [-0.05, 0) is 55.7 Å². The van der Waals surface area contributed by atoms with Gasteiger partial charge in [-0.25, -0.2) is 4.52 Å². The Balaban J connectivity index is 1.74. The molecule has 0 aliphatic rings. The molecule has 0 unspecified atom stereocenters. The number of ether oxygens (including phenoxy) is 1. The van der Waals surface area contributed by atoms with E-state index >= 15 is 0 Å². The molecule has 0 aliphatic carbocycles. The molecule has 0 atom stereocenters. The van der Waals surface area contributed by atoms with E-state index < -0.39 is 5.91 Å². The maximum atomic E-state index is 13.4. The lowest BCUT2D eigenvalue weighted by atomic mass is 10.2. The standard InChI is InChI=1S/C23H24ClN5O3/c1-3-32-12-4-11-25-22(30)20-26-21-23(31)28(14-16-6-8-17(24)9-7-16)19-13-15(2)5-10-18(19)29(21)27-20/h5-10,13H,3-4,11-12,14H2,1-2H3,(H,25,30). The van der Waals surface area contributed by atoms with E-state index in [1.165, 1.54) is 4.52 Å². The summed E-state index contributed by atoms with van der Waals surface area (Å²) in [4.78, 5) is 30.2. The average molecular weight is 454 g/mol. The topological polar surface area (TPSA) is 90.5 Å². The SMILES string of the molecule is CCOCCCNC(=O)c1nc2c(=O)n(Cc3ccc(Cl)cc3)c3cc(C)ccc3n2n1. The van der Waals surface area contributed by atoms with Crippen LogP contribution in [-0.2, 0) is 11.3 Å². The van der Waals surface area contributed by atoms with Gasteiger partial charge in [0.15, 0.2) is 0 Å². The second-order valence-electron chi connectivity index (χ2n) is 7.49. The van der Waals surface area contributed by atoms with Crippen molar-refractivity contribution < 1.29 is 9.53 Å². The lowest BCUT2D eigenvalue weighted by molar-refractivity contribution is 0.0934. The summed E-state index contributed by atoms with van der Waals surface area (Å²) in [5.41, 5.74) is 3.13. The molecule has 0 fully saturated rings. The number of hydrogen-bond donors (Lipinski definition) is 1. The summed E-state index contributed by atoms with van der Waals surface area (Å²) in [7, 11) is 0. The van der Waals surface area contributed by atoms with Gasteiger partial charge in [-0.15, -0.1) is 5.10 Å². The number of hydrogen-bond acceptors (Lipinski definition) is 5.